The van der Waals surface area contributed by atoms with Crippen LogP contribution in [0.2, 0.25) is 0 Å². The molecular weight excluding hydrogens is 328 g/mol. The highest BCUT2D eigenvalue weighted by Crippen LogP contribution is 2.29. The Morgan fingerprint density at radius 2 is 2.00 bits per heavy atom. The number of likely N-dealkylation sites (N-methyl/N-ethyl adjacent to an activating group) is 1. The number of aromatic amines is 2. The summed E-state index contributed by atoms with van der Waals surface area (Å²) in [5.74, 6) is 1.13. The van der Waals surface area contributed by atoms with Gasteiger partial charge in [0.1, 0.15) is 5.69 Å². The number of H-pyrrole nitrogens is 2. The van der Waals surface area contributed by atoms with Crippen molar-refractivity contribution < 1.29 is 4.79 Å². The van der Waals surface area contributed by atoms with E-state index in [9.17, 15) is 4.79 Å². The third-order valence-electron chi connectivity index (χ3n) is 4.29. The van der Waals surface area contributed by atoms with Gasteiger partial charge in [-0.2, -0.15) is 5.10 Å². The van der Waals surface area contributed by atoms with Crippen molar-refractivity contribution in [3.8, 4) is 11.5 Å². The van der Waals surface area contributed by atoms with Crippen LogP contribution in [0.5, 0.6) is 0 Å². The minimum Gasteiger partial charge on any atom is -0.340 e. The van der Waals surface area contributed by atoms with Gasteiger partial charge in [0.25, 0.3) is 5.91 Å². The summed E-state index contributed by atoms with van der Waals surface area (Å²) in [5.41, 5.74) is 3.63. The molecule has 2 rings (SSSR count). The number of hydrogen-bond donors (Lipinski definition) is 2. The van der Waals surface area contributed by atoms with Crippen molar-refractivity contribution in [3.63, 3.8) is 0 Å². The molecule has 1 amide bonds. The second kappa shape index (κ2) is 8.42. The molecule has 0 saturated heterocycles. The number of nitrogens with one attached hydrogen (secondary N) is 2. The number of nitrogens with zero attached hydrogens (tertiary/aromatic N) is 4. The van der Waals surface area contributed by atoms with Crippen LogP contribution < -0.4 is 0 Å². The lowest BCUT2D eigenvalue weighted by Crippen LogP contribution is -2.31. The Morgan fingerprint density at radius 3 is 2.54 bits per heavy atom. The van der Waals surface area contributed by atoms with Crippen LogP contribution in [0.3, 0.4) is 0 Å². The number of amides is 1. The predicted molar refractivity (Wildman–Crippen MR) is 106 cm³/mol. The van der Waals surface area contributed by atoms with Gasteiger partial charge in [-0.05, 0) is 40.0 Å². The van der Waals surface area contributed by atoms with Crippen LogP contribution in [0.15, 0.2) is 23.7 Å². The monoisotopic (exact) mass is 354 g/mol. The van der Waals surface area contributed by atoms with Crippen molar-refractivity contribution in [1.29, 1.82) is 0 Å². The molecular formula is C19H26N6O. The zero-order valence-electron chi connectivity index (χ0n) is 15.9. The molecule has 26 heavy (non-hydrogen) atoms. The lowest BCUT2D eigenvalue weighted by Gasteiger charge is -2.19. The van der Waals surface area contributed by atoms with E-state index < -0.39 is 0 Å². The predicted octanol–water partition coefficient (Wildman–Crippen LogP) is 3.44. The van der Waals surface area contributed by atoms with Crippen LogP contribution in [-0.2, 0) is 11.2 Å². The van der Waals surface area contributed by atoms with E-state index in [-0.39, 0.29) is 5.91 Å². The van der Waals surface area contributed by atoms with E-state index in [1.165, 1.54) is 0 Å². The van der Waals surface area contributed by atoms with Gasteiger partial charge < -0.3 is 9.88 Å². The molecule has 0 fully saturated rings. The molecule has 7 heteroatoms. The van der Waals surface area contributed by atoms with E-state index in [2.05, 4.69) is 38.5 Å². The number of imidazole rings is 1. The Hall–Kier alpha value is -2.96. The molecule has 7 nitrogen and oxygen atoms in total. The van der Waals surface area contributed by atoms with E-state index in [1.54, 1.807) is 17.1 Å². The molecule has 0 aliphatic rings. The number of hydrogen-bond acceptors (Lipinski definition) is 4. The molecule has 0 aromatic carbocycles. The number of aromatic nitrogens is 4. The van der Waals surface area contributed by atoms with Crippen molar-refractivity contribution >= 4 is 24.0 Å². The minimum atomic E-state index is -0.0650. The average Bonchev–Trinajstić information content (AvgIpc) is 3.23. The van der Waals surface area contributed by atoms with E-state index >= 15 is 0 Å². The summed E-state index contributed by atoms with van der Waals surface area (Å²) in [6.45, 7) is 16.4. The van der Waals surface area contributed by atoms with E-state index in [0.717, 1.165) is 23.4 Å². The number of allylic oxidation sites excluding steroid dienone is 2. The molecule has 0 aliphatic heterocycles. The molecule has 2 aromatic rings. The lowest BCUT2D eigenvalue weighted by molar-refractivity contribution is -0.124. The quantitative estimate of drug-likeness (QED) is 0.432. The smallest absolute Gasteiger partial charge is 0.256 e. The maximum Gasteiger partial charge on any atom is 0.256 e. The molecule has 0 unspecified atom stereocenters. The van der Waals surface area contributed by atoms with Gasteiger partial charge in [0.2, 0.25) is 0 Å². The largest absolute Gasteiger partial charge is 0.340 e. The van der Waals surface area contributed by atoms with Crippen LogP contribution in [0.4, 0.5) is 5.82 Å². The molecule has 0 saturated carbocycles. The number of carbonyl (C=O) groups excluding carboxylic acids is 1. The minimum absolute atomic E-state index is 0.0650. The first-order valence-corrected chi connectivity index (χ1v) is 8.75. The first-order chi connectivity index (χ1) is 12.5. The van der Waals surface area contributed by atoms with Crippen molar-refractivity contribution in [1.82, 2.24) is 25.1 Å². The third kappa shape index (κ3) is 3.51. The molecule has 0 aliphatic carbocycles. The summed E-state index contributed by atoms with van der Waals surface area (Å²) in [6.07, 6.45) is 4.05. The standard InChI is InChI=1S/C19H26N6O/c1-7-11-14(19(26)25(9-3)10-4)15-12(5)21-18(22-15)16-13(8-2)17(20-6)24-23-16/h7,11H,1,6,8-10H2,2-5H3,(H,21,22)(H,23,24)/b14-11+. The first kappa shape index (κ1) is 19.4. The summed E-state index contributed by atoms with van der Waals surface area (Å²) in [6, 6.07) is 0. The SMILES string of the molecule is C=C/C=C(/C(=O)N(CC)CC)c1nc(-c2[nH]nc(N=C)c2CC)[nH]c1C. The fraction of sp³-hybridized carbons (Fsp3) is 0.368. The molecule has 138 valence electrons. The summed E-state index contributed by atoms with van der Waals surface area (Å²) in [4.78, 5) is 26.5. The maximum atomic E-state index is 12.9. The molecule has 0 bridgehead atoms. The summed E-state index contributed by atoms with van der Waals surface area (Å²) in [7, 11) is 0. The van der Waals surface area contributed by atoms with Gasteiger partial charge in [0, 0.05) is 24.3 Å². The van der Waals surface area contributed by atoms with Crippen LogP contribution in [0.1, 0.15) is 37.7 Å². The van der Waals surface area contributed by atoms with Crippen molar-refractivity contribution in [2.75, 3.05) is 13.1 Å². The van der Waals surface area contributed by atoms with E-state index in [4.69, 9.17) is 0 Å². The fourth-order valence-corrected chi connectivity index (χ4v) is 2.91. The number of aliphatic imine (C=N–C) groups is 1. The Balaban J connectivity index is 2.53. The third-order valence-corrected chi connectivity index (χ3v) is 4.29. The number of carbonyl (C=O) groups is 1. The van der Waals surface area contributed by atoms with Gasteiger partial charge in [0.05, 0.1) is 11.3 Å². The van der Waals surface area contributed by atoms with Gasteiger partial charge in [0.15, 0.2) is 11.6 Å². The Labute approximate surface area is 153 Å². The Bertz CT molecular complexity index is 838. The van der Waals surface area contributed by atoms with Gasteiger partial charge in [-0.15, -0.1) is 0 Å². The van der Waals surface area contributed by atoms with Gasteiger partial charge in [-0.3, -0.25) is 9.89 Å². The lowest BCUT2D eigenvalue weighted by atomic mass is 10.1. The summed E-state index contributed by atoms with van der Waals surface area (Å²) >= 11 is 0. The Kier molecular flexibility index (Phi) is 6.27. The zero-order valence-corrected chi connectivity index (χ0v) is 15.9. The average molecular weight is 354 g/mol. The van der Waals surface area contributed by atoms with Crippen molar-refractivity contribution in [3.05, 3.63) is 35.7 Å². The molecule has 2 aromatic heterocycles. The summed E-state index contributed by atoms with van der Waals surface area (Å²) in [5, 5.41) is 7.14. The summed E-state index contributed by atoms with van der Waals surface area (Å²) < 4.78 is 0. The second-order valence-electron chi connectivity index (χ2n) is 5.76. The van der Waals surface area contributed by atoms with Gasteiger partial charge in [-0.1, -0.05) is 19.6 Å². The van der Waals surface area contributed by atoms with Gasteiger partial charge >= 0.3 is 0 Å². The maximum absolute atomic E-state index is 12.9. The van der Waals surface area contributed by atoms with E-state index in [1.807, 2.05) is 27.7 Å². The zero-order chi connectivity index (χ0) is 19.3. The number of rotatable bonds is 8. The van der Waals surface area contributed by atoms with Gasteiger partial charge in [-0.25, -0.2) is 9.98 Å². The van der Waals surface area contributed by atoms with Crippen molar-refractivity contribution in [2.45, 2.75) is 34.1 Å². The highest BCUT2D eigenvalue weighted by Gasteiger charge is 2.23. The highest BCUT2D eigenvalue weighted by molar-refractivity contribution is 6.19. The van der Waals surface area contributed by atoms with Crippen LogP contribution in [0, 0.1) is 6.92 Å². The molecule has 0 radical (unpaired) electrons. The first-order valence-electron chi connectivity index (χ1n) is 8.75. The van der Waals surface area contributed by atoms with Crippen LogP contribution in [-0.4, -0.2) is 50.8 Å². The molecule has 0 atom stereocenters. The molecule has 2 heterocycles. The van der Waals surface area contributed by atoms with E-state index in [0.29, 0.717) is 36.0 Å². The fourth-order valence-electron chi connectivity index (χ4n) is 2.91. The Morgan fingerprint density at radius 1 is 1.31 bits per heavy atom. The molecule has 0 spiro atoms. The van der Waals surface area contributed by atoms with Crippen LogP contribution >= 0.6 is 0 Å². The number of aryl methyl sites for hydroxylation is 1. The normalized spacial score (nSPS) is 11.5. The second-order valence-corrected chi connectivity index (χ2v) is 5.76. The van der Waals surface area contributed by atoms with Crippen LogP contribution in [0.25, 0.3) is 17.1 Å². The molecule has 2 N–H and O–H groups in total. The van der Waals surface area contributed by atoms with Crippen molar-refractivity contribution in [2.24, 2.45) is 4.99 Å². The highest BCUT2D eigenvalue weighted by atomic mass is 16.2. The topological polar surface area (TPSA) is 90.0 Å².